The summed E-state index contributed by atoms with van der Waals surface area (Å²) in [5.74, 6) is -2.46. The van der Waals surface area contributed by atoms with Crippen LogP contribution in [0.15, 0.2) is 48.5 Å². The average molecular weight is 330 g/mol. The number of carbonyl (C=O) groups is 3. The van der Waals surface area contributed by atoms with Gasteiger partial charge in [0, 0.05) is 0 Å². The summed E-state index contributed by atoms with van der Waals surface area (Å²) in [7, 11) is 0. The molecule has 118 valence electrons. The second-order valence-electron chi connectivity index (χ2n) is 5.12. The van der Waals surface area contributed by atoms with E-state index in [-0.39, 0.29) is 22.6 Å². The summed E-state index contributed by atoms with van der Waals surface area (Å²) >= 11 is 3.68. The van der Waals surface area contributed by atoms with Crippen molar-refractivity contribution in [1.82, 2.24) is 0 Å². The van der Waals surface area contributed by atoms with Crippen LogP contribution in [0.5, 0.6) is 11.5 Å². The smallest absolute Gasteiger partial charge is 0.207 e. The van der Waals surface area contributed by atoms with Gasteiger partial charge in [-0.25, -0.2) is 0 Å². The van der Waals surface area contributed by atoms with Crippen molar-refractivity contribution in [3.05, 3.63) is 59.7 Å². The van der Waals surface area contributed by atoms with Gasteiger partial charge in [-0.05, 0) is 31.2 Å². The molecule has 0 unspecified atom stereocenters. The van der Waals surface area contributed by atoms with E-state index < -0.39 is 22.1 Å². The number of hydrogen-bond acceptors (Lipinski definition) is 5. The minimum absolute atomic E-state index is 0.166. The molecule has 5 nitrogen and oxygen atoms in total. The normalized spacial score (nSPS) is 11.0. The Kier molecular flexibility index (Phi) is 4.56. The van der Waals surface area contributed by atoms with Gasteiger partial charge in [0.25, 0.3) is 0 Å². The van der Waals surface area contributed by atoms with E-state index in [2.05, 4.69) is 12.6 Å². The van der Waals surface area contributed by atoms with Crippen LogP contribution in [0.25, 0.3) is 0 Å². The molecule has 2 rings (SSSR count). The largest absolute Gasteiger partial charge is 0.507 e. The molecule has 0 amide bonds. The molecule has 0 saturated carbocycles. The number of ketones is 2. The monoisotopic (exact) mass is 330 g/mol. The molecule has 0 heterocycles. The zero-order valence-corrected chi connectivity index (χ0v) is 13.1. The Hall–Kier alpha value is -2.60. The zero-order valence-electron chi connectivity index (χ0n) is 12.2. The van der Waals surface area contributed by atoms with Crippen LogP contribution in [-0.2, 0) is 4.79 Å². The average Bonchev–Trinajstić information content (AvgIpc) is 2.53. The maximum atomic E-state index is 12.7. The topological polar surface area (TPSA) is 91.7 Å². The maximum absolute atomic E-state index is 12.7. The van der Waals surface area contributed by atoms with Crippen LogP contribution in [0, 0.1) is 5.41 Å². The van der Waals surface area contributed by atoms with Crippen molar-refractivity contribution in [3.63, 3.8) is 0 Å². The predicted molar refractivity (Wildman–Crippen MR) is 87.0 cm³/mol. The highest BCUT2D eigenvalue weighted by Gasteiger charge is 2.48. The summed E-state index contributed by atoms with van der Waals surface area (Å²) in [6, 6.07) is 11.2. The predicted octanol–water partition coefficient (Wildman–Crippen LogP) is 2.63. The van der Waals surface area contributed by atoms with E-state index in [0.29, 0.717) is 0 Å². The number of phenolic OH excluding ortho intramolecular Hbond substituents is 2. The minimum Gasteiger partial charge on any atom is -0.507 e. The molecule has 6 heteroatoms. The van der Waals surface area contributed by atoms with E-state index in [0.717, 1.165) is 6.92 Å². The van der Waals surface area contributed by atoms with E-state index in [9.17, 15) is 24.6 Å². The summed E-state index contributed by atoms with van der Waals surface area (Å²) in [5.41, 5.74) is -2.50. The summed E-state index contributed by atoms with van der Waals surface area (Å²) in [6.45, 7) is 1.13. The molecular weight excluding hydrogens is 316 g/mol. The third-order valence-electron chi connectivity index (χ3n) is 3.63. The van der Waals surface area contributed by atoms with E-state index >= 15 is 0 Å². The lowest BCUT2D eigenvalue weighted by molar-refractivity contribution is -0.115. The third-order valence-corrected chi connectivity index (χ3v) is 4.08. The van der Waals surface area contributed by atoms with Crippen molar-refractivity contribution in [2.45, 2.75) is 6.92 Å². The second-order valence-corrected chi connectivity index (χ2v) is 5.53. The fourth-order valence-electron chi connectivity index (χ4n) is 2.17. The van der Waals surface area contributed by atoms with E-state index in [4.69, 9.17) is 0 Å². The molecule has 0 atom stereocenters. The molecule has 0 aliphatic heterocycles. The van der Waals surface area contributed by atoms with Gasteiger partial charge in [-0.3, -0.25) is 14.4 Å². The molecule has 0 aromatic heterocycles. The van der Waals surface area contributed by atoms with Gasteiger partial charge >= 0.3 is 0 Å². The highest BCUT2D eigenvalue weighted by molar-refractivity contribution is 7.97. The van der Waals surface area contributed by atoms with Gasteiger partial charge in [0.15, 0.2) is 17.0 Å². The highest BCUT2D eigenvalue weighted by atomic mass is 32.1. The number of carbonyl (C=O) groups excluding carboxylic acids is 3. The van der Waals surface area contributed by atoms with Crippen LogP contribution in [0.3, 0.4) is 0 Å². The van der Waals surface area contributed by atoms with Gasteiger partial charge in [0.05, 0.1) is 11.1 Å². The van der Waals surface area contributed by atoms with Crippen LogP contribution in [0.1, 0.15) is 27.6 Å². The highest BCUT2D eigenvalue weighted by Crippen LogP contribution is 2.35. The quantitative estimate of drug-likeness (QED) is 0.445. The fourth-order valence-corrected chi connectivity index (χ4v) is 2.37. The number of phenols is 2. The second kappa shape index (κ2) is 6.26. The Morgan fingerprint density at radius 3 is 1.48 bits per heavy atom. The summed E-state index contributed by atoms with van der Waals surface area (Å²) < 4.78 is 0. The van der Waals surface area contributed by atoms with E-state index in [1.165, 1.54) is 48.5 Å². The number of rotatable bonds is 5. The number of thiol groups is 1. The molecule has 23 heavy (non-hydrogen) atoms. The summed E-state index contributed by atoms with van der Waals surface area (Å²) in [6.07, 6.45) is 0. The number of hydrogen-bond donors (Lipinski definition) is 3. The number of Topliss-reactive ketones (excluding diaryl/α,β-unsaturated/α-hetero) is 2. The first-order valence-corrected chi connectivity index (χ1v) is 7.14. The first kappa shape index (κ1) is 16.8. The molecule has 0 spiro atoms. The Labute approximate surface area is 138 Å². The molecule has 0 bridgehead atoms. The van der Waals surface area contributed by atoms with E-state index in [1.54, 1.807) is 0 Å². The Bertz CT molecular complexity index is 740. The van der Waals surface area contributed by atoms with Crippen molar-refractivity contribution in [1.29, 1.82) is 0 Å². The van der Waals surface area contributed by atoms with Crippen molar-refractivity contribution in [2.75, 3.05) is 0 Å². The molecule has 2 aromatic carbocycles. The zero-order chi connectivity index (χ0) is 17.2. The van der Waals surface area contributed by atoms with Crippen molar-refractivity contribution >= 4 is 29.3 Å². The number of para-hydroxylation sites is 2. The van der Waals surface area contributed by atoms with Gasteiger partial charge in [-0.1, -0.05) is 24.3 Å². The molecule has 2 N–H and O–H groups in total. The molecule has 0 fully saturated rings. The Morgan fingerprint density at radius 1 is 0.826 bits per heavy atom. The summed E-state index contributed by atoms with van der Waals surface area (Å²) in [5, 5.41) is 18.7. The number of aromatic hydroxyl groups is 2. The van der Waals surface area contributed by atoms with Gasteiger partial charge in [-0.15, -0.1) is 12.6 Å². The standard InChI is InChI=1S/C17H14O5S/c1-17(16(22)23,14(20)10-6-2-4-8-12(10)18)15(21)11-7-3-5-9-13(11)19/h2-9,18-19H,1H3,(H,22,23). The summed E-state index contributed by atoms with van der Waals surface area (Å²) in [4.78, 5) is 37.4. The van der Waals surface area contributed by atoms with E-state index in [1.807, 2.05) is 0 Å². The lowest BCUT2D eigenvalue weighted by Gasteiger charge is -2.23. The molecule has 0 radical (unpaired) electrons. The SMILES string of the molecule is CC(C(=O)S)(C(=O)c1ccccc1O)C(=O)c1ccccc1O. The van der Waals surface area contributed by atoms with Gasteiger partial charge in [0.2, 0.25) is 5.12 Å². The fraction of sp³-hybridized carbons (Fsp3) is 0.118. The Morgan fingerprint density at radius 2 is 1.17 bits per heavy atom. The van der Waals surface area contributed by atoms with Gasteiger partial charge < -0.3 is 10.2 Å². The molecular formula is C17H14O5S. The molecule has 0 aliphatic rings. The van der Waals surface area contributed by atoms with Crippen LogP contribution >= 0.6 is 12.6 Å². The lowest BCUT2D eigenvalue weighted by Crippen LogP contribution is -2.42. The van der Waals surface area contributed by atoms with Crippen molar-refractivity contribution < 1.29 is 24.6 Å². The van der Waals surface area contributed by atoms with Crippen LogP contribution in [-0.4, -0.2) is 26.9 Å². The van der Waals surface area contributed by atoms with Gasteiger partial charge in [-0.2, -0.15) is 0 Å². The first-order chi connectivity index (χ1) is 10.8. The van der Waals surface area contributed by atoms with Crippen molar-refractivity contribution in [2.24, 2.45) is 5.41 Å². The Balaban J connectivity index is 2.59. The maximum Gasteiger partial charge on any atom is 0.207 e. The van der Waals surface area contributed by atoms with Gasteiger partial charge in [0.1, 0.15) is 11.5 Å². The van der Waals surface area contributed by atoms with Crippen LogP contribution < -0.4 is 0 Å². The molecule has 2 aromatic rings. The van der Waals surface area contributed by atoms with Crippen LogP contribution in [0.2, 0.25) is 0 Å². The molecule has 0 aliphatic carbocycles. The van der Waals surface area contributed by atoms with Crippen LogP contribution in [0.4, 0.5) is 0 Å². The molecule has 0 saturated heterocycles. The number of benzene rings is 2. The van der Waals surface area contributed by atoms with Crippen molar-refractivity contribution in [3.8, 4) is 11.5 Å². The minimum atomic E-state index is -2.17. The lowest BCUT2D eigenvalue weighted by atomic mass is 9.76. The third kappa shape index (κ3) is 2.85. The first-order valence-electron chi connectivity index (χ1n) is 6.69.